The predicted octanol–water partition coefficient (Wildman–Crippen LogP) is 2.24. The molecule has 6 heteroatoms. The Hall–Kier alpha value is -1.95. The van der Waals surface area contributed by atoms with Crippen molar-refractivity contribution in [2.75, 3.05) is 11.1 Å². The van der Waals surface area contributed by atoms with Crippen LogP contribution in [0.3, 0.4) is 0 Å². The highest BCUT2D eigenvalue weighted by molar-refractivity contribution is 7.15. The summed E-state index contributed by atoms with van der Waals surface area (Å²) in [5.41, 5.74) is 7.73. The molecule has 0 aliphatic rings. The molecule has 0 saturated heterocycles. The van der Waals surface area contributed by atoms with E-state index in [0.29, 0.717) is 16.4 Å². The van der Waals surface area contributed by atoms with Crippen LogP contribution in [-0.4, -0.2) is 16.1 Å². The fourth-order valence-electron chi connectivity index (χ4n) is 1.55. The summed E-state index contributed by atoms with van der Waals surface area (Å²) in [6.07, 6.45) is 0.814. The van der Waals surface area contributed by atoms with E-state index in [1.54, 1.807) is 18.2 Å². The van der Waals surface area contributed by atoms with Gasteiger partial charge in [-0.05, 0) is 37.1 Å². The van der Waals surface area contributed by atoms with Gasteiger partial charge in [0.1, 0.15) is 5.01 Å². The number of nitrogens with one attached hydrogen (secondary N) is 1. The molecule has 1 heterocycles. The molecule has 5 nitrogen and oxygen atoms in total. The standard InChI is InChI=1S/C12H14N4OS/c1-3-10-15-16-12(18-10)14-11(17)9-5-4-8(13)6-7(9)2/h4-6H,3,13H2,1-2H3,(H,14,16,17). The zero-order valence-corrected chi connectivity index (χ0v) is 11.0. The molecule has 0 aliphatic carbocycles. The fourth-order valence-corrected chi connectivity index (χ4v) is 2.23. The summed E-state index contributed by atoms with van der Waals surface area (Å²) in [7, 11) is 0. The monoisotopic (exact) mass is 262 g/mol. The van der Waals surface area contributed by atoms with Crippen LogP contribution >= 0.6 is 11.3 Å². The van der Waals surface area contributed by atoms with Crippen LogP contribution in [0.15, 0.2) is 18.2 Å². The molecule has 1 amide bonds. The number of carbonyl (C=O) groups is 1. The van der Waals surface area contributed by atoms with Crippen LogP contribution in [0.5, 0.6) is 0 Å². The van der Waals surface area contributed by atoms with Crippen molar-refractivity contribution in [3.63, 3.8) is 0 Å². The van der Waals surface area contributed by atoms with E-state index in [1.165, 1.54) is 11.3 Å². The Labute approximate surface area is 109 Å². The minimum absolute atomic E-state index is 0.189. The van der Waals surface area contributed by atoms with Crippen molar-refractivity contribution in [2.45, 2.75) is 20.3 Å². The average Bonchev–Trinajstić information content (AvgIpc) is 2.76. The van der Waals surface area contributed by atoms with Crippen LogP contribution in [0, 0.1) is 6.92 Å². The number of hydrogen-bond donors (Lipinski definition) is 2. The van der Waals surface area contributed by atoms with Crippen molar-refractivity contribution < 1.29 is 4.79 Å². The van der Waals surface area contributed by atoms with Crippen molar-refractivity contribution in [3.8, 4) is 0 Å². The first kappa shape index (κ1) is 12.5. The molecule has 2 rings (SSSR count). The average molecular weight is 262 g/mol. The normalized spacial score (nSPS) is 10.3. The number of aryl methyl sites for hydroxylation is 2. The molecule has 0 fully saturated rings. The lowest BCUT2D eigenvalue weighted by atomic mass is 10.1. The lowest BCUT2D eigenvalue weighted by Crippen LogP contribution is -2.13. The first-order chi connectivity index (χ1) is 8.60. The Morgan fingerprint density at radius 1 is 1.44 bits per heavy atom. The largest absolute Gasteiger partial charge is 0.399 e. The molecule has 18 heavy (non-hydrogen) atoms. The number of amides is 1. The molecule has 0 radical (unpaired) electrons. The highest BCUT2D eigenvalue weighted by atomic mass is 32.1. The Morgan fingerprint density at radius 2 is 2.22 bits per heavy atom. The lowest BCUT2D eigenvalue weighted by molar-refractivity contribution is 0.102. The van der Waals surface area contributed by atoms with E-state index in [0.717, 1.165) is 17.0 Å². The second-order valence-electron chi connectivity index (χ2n) is 3.88. The molecule has 1 aromatic heterocycles. The van der Waals surface area contributed by atoms with Gasteiger partial charge in [-0.3, -0.25) is 10.1 Å². The summed E-state index contributed by atoms with van der Waals surface area (Å²) < 4.78 is 0. The molecule has 1 aromatic carbocycles. The number of benzene rings is 1. The zero-order chi connectivity index (χ0) is 13.1. The van der Waals surface area contributed by atoms with Gasteiger partial charge in [-0.15, -0.1) is 10.2 Å². The summed E-state index contributed by atoms with van der Waals surface area (Å²) in [5, 5.41) is 12.0. The maximum atomic E-state index is 12.0. The van der Waals surface area contributed by atoms with Gasteiger partial charge in [0.05, 0.1) is 0 Å². The van der Waals surface area contributed by atoms with Gasteiger partial charge >= 0.3 is 0 Å². The van der Waals surface area contributed by atoms with E-state index in [2.05, 4.69) is 15.5 Å². The maximum Gasteiger partial charge on any atom is 0.257 e. The highest BCUT2D eigenvalue weighted by Gasteiger charge is 2.11. The van der Waals surface area contributed by atoms with Crippen molar-refractivity contribution in [3.05, 3.63) is 34.3 Å². The molecule has 3 N–H and O–H groups in total. The molecule has 0 aliphatic heterocycles. The van der Waals surface area contributed by atoms with E-state index in [4.69, 9.17) is 5.73 Å². The third-order valence-electron chi connectivity index (χ3n) is 2.48. The molecule has 0 atom stereocenters. The van der Waals surface area contributed by atoms with Crippen molar-refractivity contribution in [2.24, 2.45) is 0 Å². The SMILES string of the molecule is CCc1nnc(NC(=O)c2ccc(N)cc2C)s1. The van der Waals surface area contributed by atoms with E-state index < -0.39 is 0 Å². The zero-order valence-electron chi connectivity index (χ0n) is 10.2. The first-order valence-electron chi connectivity index (χ1n) is 5.60. The van der Waals surface area contributed by atoms with Crippen LogP contribution in [0.4, 0.5) is 10.8 Å². The minimum atomic E-state index is -0.189. The fraction of sp³-hybridized carbons (Fsp3) is 0.250. The molecule has 0 spiro atoms. The summed E-state index contributed by atoms with van der Waals surface area (Å²) >= 11 is 1.39. The number of nitrogen functional groups attached to an aromatic ring is 1. The van der Waals surface area contributed by atoms with Gasteiger partial charge in [-0.1, -0.05) is 18.3 Å². The summed E-state index contributed by atoms with van der Waals surface area (Å²) in [4.78, 5) is 12.0. The van der Waals surface area contributed by atoms with Crippen LogP contribution < -0.4 is 11.1 Å². The number of anilines is 2. The van der Waals surface area contributed by atoms with Gasteiger partial charge in [0.2, 0.25) is 5.13 Å². The predicted molar refractivity (Wildman–Crippen MR) is 72.8 cm³/mol. The number of rotatable bonds is 3. The summed E-state index contributed by atoms with van der Waals surface area (Å²) in [6.45, 7) is 3.85. The van der Waals surface area contributed by atoms with Gasteiger partial charge < -0.3 is 5.73 Å². The number of nitrogens with zero attached hydrogens (tertiary/aromatic N) is 2. The molecule has 0 bridgehead atoms. The Morgan fingerprint density at radius 3 is 2.83 bits per heavy atom. The quantitative estimate of drug-likeness (QED) is 0.831. The molecular formula is C12H14N4OS. The Bertz CT molecular complexity index is 579. The molecule has 94 valence electrons. The van der Waals surface area contributed by atoms with Crippen LogP contribution in [0.2, 0.25) is 0 Å². The van der Waals surface area contributed by atoms with E-state index in [1.807, 2.05) is 13.8 Å². The molecular weight excluding hydrogens is 248 g/mol. The first-order valence-corrected chi connectivity index (χ1v) is 6.41. The Kier molecular flexibility index (Phi) is 3.57. The van der Waals surface area contributed by atoms with Crippen molar-refractivity contribution in [1.82, 2.24) is 10.2 Å². The second-order valence-corrected chi connectivity index (χ2v) is 4.95. The van der Waals surface area contributed by atoms with Crippen molar-refractivity contribution in [1.29, 1.82) is 0 Å². The van der Waals surface area contributed by atoms with Gasteiger partial charge in [-0.25, -0.2) is 0 Å². The number of nitrogens with two attached hydrogens (primary N) is 1. The number of hydrogen-bond acceptors (Lipinski definition) is 5. The number of aromatic nitrogens is 2. The van der Waals surface area contributed by atoms with Gasteiger partial charge in [0.15, 0.2) is 0 Å². The highest BCUT2D eigenvalue weighted by Crippen LogP contribution is 2.18. The third kappa shape index (κ3) is 2.65. The van der Waals surface area contributed by atoms with Crippen LogP contribution in [0.25, 0.3) is 0 Å². The smallest absolute Gasteiger partial charge is 0.257 e. The number of carbonyl (C=O) groups excluding carboxylic acids is 1. The molecule has 0 unspecified atom stereocenters. The van der Waals surface area contributed by atoms with Crippen LogP contribution in [0.1, 0.15) is 27.9 Å². The topological polar surface area (TPSA) is 80.9 Å². The third-order valence-corrected chi connectivity index (χ3v) is 3.47. The van der Waals surface area contributed by atoms with Crippen LogP contribution in [-0.2, 0) is 6.42 Å². The molecule has 0 saturated carbocycles. The van der Waals surface area contributed by atoms with Gasteiger partial charge in [-0.2, -0.15) is 0 Å². The Balaban J connectivity index is 2.16. The summed E-state index contributed by atoms with van der Waals surface area (Å²) in [6, 6.07) is 5.19. The second kappa shape index (κ2) is 5.14. The van der Waals surface area contributed by atoms with E-state index in [-0.39, 0.29) is 5.91 Å². The van der Waals surface area contributed by atoms with E-state index >= 15 is 0 Å². The van der Waals surface area contributed by atoms with Gasteiger partial charge in [0.25, 0.3) is 5.91 Å². The minimum Gasteiger partial charge on any atom is -0.399 e. The van der Waals surface area contributed by atoms with Gasteiger partial charge in [0, 0.05) is 11.3 Å². The van der Waals surface area contributed by atoms with E-state index in [9.17, 15) is 4.79 Å². The lowest BCUT2D eigenvalue weighted by Gasteiger charge is -2.05. The molecule has 2 aromatic rings. The summed E-state index contributed by atoms with van der Waals surface area (Å²) in [5.74, 6) is -0.189. The van der Waals surface area contributed by atoms with Crippen molar-refractivity contribution >= 4 is 28.1 Å². The maximum absolute atomic E-state index is 12.0.